The lowest BCUT2D eigenvalue weighted by molar-refractivity contribution is -0.137. The minimum atomic E-state index is -4.63. The maximum atomic E-state index is 12.9. The van der Waals surface area contributed by atoms with E-state index in [9.17, 15) is 27.6 Å². The highest BCUT2D eigenvalue weighted by Gasteiger charge is 2.35. The van der Waals surface area contributed by atoms with Gasteiger partial charge in [-0.15, -0.1) is 0 Å². The molecule has 0 radical (unpaired) electrons. The van der Waals surface area contributed by atoms with Gasteiger partial charge in [-0.2, -0.15) is 13.2 Å². The topological polar surface area (TPSA) is 87.7 Å². The maximum Gasteiger partial charge on any atom is 0.416 e. The molecular weight excluding hydrogens is 439 g/mol. The second-order valence-electron chi connectivity index (χ2n) is 6.39. The number of hydrogen-bond donors (Lipinski definition) is 2. The molecule has 1 aliphatic rings. The largest absolute Gasteiger partial charge is 0.497 e. The van der Waals surface area contributed by atoms with Crippen LogP contribution >= 0.6 is 11.6 Å². The average molecular weight is 454 g/mol. The van der Waals surface area contributed by atoms with Crippen LogP contribution in [-0.2, 0) is 15.8 Å². The number of nitrogens with zero attached hydrogens (tertiary/aromatic N) is 1. The van der Waals surface area contributed by atoms with Gasteiger partial charge in [-0.3, -0.25) is 9.59 Å². The van der Waals surface area contributed by atoms with Crippen LogP contribution in [0.3, 0.4) is 0 Å². The zero-order chi connectivity index (χ0) is 22.8. The molecule has 162 valence electrons. The standard InChI is InChI=1S/C20H15ClF3N3O4/c1-31-13-5-2-11(3-6-13)8-16-18(29)27(19(30)26-16)10-17(28)25-15-9-12(20(22,23)24)4-7-14(15)21/h2-9H,10H2,1H3,(H,25,28)(H,26,30)/b16-8-. The first-order chi connectivity index (χ1) is 14.6. The molecule has 1 saturated heterocycles. The molecule has 1 fully saturated rings. The minimum Gasteiger partial charge on any atom is -0.497 e. The van der Waals surface area contributed by atoms with Crippen molar-refractivity contribution in [1.82, 2.24) is 10.2 Å². The van der Waals surface area contributed by atoms with E-state index in [4.69, 9.17) is 16.3 Å². The van der Waals surface area contributed by atoms with Crippen LogP contribution < -0.4 is 15.4 Å². The van der Waals surface area contributed by atoms with E-state index in [2.05, 4.69) is 10.6 Å². The van der Waals surface area contributed by atoms with Gasteiger partial charge < -0.3 is 15.4 Å². The number of anilines is 1. The summed E-state index contributed by atoms with van der Waals surface area (Å²) in [6.45, 7) is -0.711. The molecule has 2 aromatic rings. The van der Waals surface area contributed by atoms with Crippen molar-refractivity contribution in [2.24, 2.45) is 0 Å². The highest BCUT2D eigenvalue weighted by Crippen LogP contribution is 2.33. The number of ether oxygens (including phenoxy) is 1. The van der Waals surface area contributed by atoms with Crippen LogP contribution in [0.2, 0.25) is 5.02 Å². The van der Waals surface area contributed by atoms with E-state index >= 15 is 0 Å². The Balaban J connectivity index is 1.71. The van der Waals surface area contributed by atoms with Gasteiger partial charge >= 0.3 is 12.2 Å². The zero-order valence-electron chi connectivity index (χ0n) is 15.9. The lowest BCUT2D eigenvalue weighted by Gasteiger charge is -2.14. The van der Waals surface area contributed by atoms with Crippen molar-refractivity contribution in [3.63, 3.8) is 0 Å². The Bertz CT molecular complexity index is 1070. The van der Waals surface area contributed by atoms with E-state index in [1.54, 1.807) is 24.3 Å². The van der Waals surface area contributed by atoms with Gasteiger partial charge in [-0.05, 0) is 42.0 Å². The normalized spacial score (nSPS) is 15.3. The predicted octanol–water partition coefficient (Wildman–Crippen LogP) is 3.90. The third kappa shape index (κ3) is 5.15. The molecule has 3 rings (SSSR count). The van der Waals surface area contributed by atoms with E-state index in [-0.39, 0.29) is 16.4 Å². The van der Waals surface area contributed by atoms with E-state index in [0.29, 0.717) is 22.3 Å². The molecular formula is C20H15ClF3N3O4. The van der Waals surface area contributed by atoms with Gasteiger partial charge in [0.05, 0.1) is 23.4 Å². The van der Waals surface area contributed by atoms with Crippen molar-refractivity contribution in [3.05, 3.63) is 64.3 Å². The van der Waals surface area contributed by atoms with Crippen LogP contribution in [0.1, 0.15) is 11.1 Å². The van der Waals surface area contributed by atoms with Gasteiger partial charge in [-0.1, -0.05) is 23.7 Å². The van der Waals surface area contributed by atoms with Crippen LogP contribution in [0.5, 0.6) is 5.75 Å². The molecule has 7 nitrogen and oxygen atoms in total. The Hall–Kier alpha value is -3.53. The molecule has 0 atom stereocenters. The molecule has 1 heterocycles. The quantitative estimate of drug-likeness (QED) is 0.531. The molecule has 0 aliphatic carbocycles. The third-order valence-electron chi connectivity index (χ3n) is 4.26. The summed E-state index contributed by atoms with van der Waals surface area (Å²) in [4.78, 5) is 37.5. The van der Waals surface area contributed by atoms with Crippen molar-refractivity contribution in [2.75, 3.05) is 19.0 Å². The van der Waals surface area contributed by atoms with Gasteiger partial charge in [-0.25, -0.2) is 9.69 Å². The number of carbonyl (C=O) groups excluding carboxylic acids is 3. The molecule has 1 aliphatic heterocycles. The molecule has 31 heavy (non-hydrogen) atoms. The van der Waals surface area contributed by atoms with E-state index in [1.165, 1.54) is 13.2 Å². The maximum absolute atomic E-state index is 12.9. The molecule has 4 amide bonds. The van der Waals surface area contributed by atoms with Gasteiger partial charge in [0.1, 0.15) is 18.0 Å². The highest BCUT2D eigenvalue weighted by atomic mass is 35.5. The fourth-order valence-electron chi connectivity index (χ4n) is 2.71. The SMILES string of the molecule is COc1ccc(/C=C2\NC(=O)N(CC(=O)Nc3cc(C(F)(F)F)ccc3Cl)C2=O)cc1. The van der Waals surface area contributed by atoms with Crippen LogP contribution in [0.15, 0.2) is 48.2 Å². The van der Waals surface area contributed by atoms with Crippen LogP contribution in [0.4, 0.5) is 23.7 Å². The van der Waals surface area contributed by atoms with E-state index in [0.717, 1.165) is 12.1 Å². The molecule has 11 heteroatoms. The number of hydrogen-bond acceptors (Lipinski definition) is 4. The Labute approximate surface area is 179 Å². The Morgan fingerprint density at radius 1 is 1.19 bits per heavy atom. The lowest BCUT2D eigenvalue weighted by Crippen LogP contribution is -2.38. The monoisotopic (exact) mass is 453 g/mol. The van der Waals surface area contributed by atoms with Crippen molar-refractivity contribution in [2.45, 2.75) is 6.18 Å². The van der Waals surface area contributed by atoms with Gasteiger partial charge in [0, 0.05) is 0 Å². The first-order valence-corrected chi connectivity index (χ1v) is 9.11. The summed E-state index contributed by atoms with van der Waals surface area (Å²) in [6.07, 6.45) is -3.21. The van der Waals surface area contributed by atoms with Crippen molar-refractivity contribution >= 4 is 41.2 Å². The summed E-state index contributed by atoms with van der Waals surface area (Å²) >= 11 is 5.84. The number of nitrogens with one attached hydrogen (secondary N) is 2. The molecule has 0 bridgehead atoms. The Morgan fingerprint density at radius 2 is 1.87 bits per heavy atom. The lowest BCUT2D eigenvalue weighted by atomic mass is 10.2. The number of amides is 4. The summed E-state index contributed by atoms with van der Waals surface area (Å²) < 4.78 is 43.6. The number of imide groups is 1. The van der Waals surface area contributed by atoms with Crippen molar-refractivity contribution < 1.29 is 32.3 Å². The Kier molecular flexibility index (Phi) is 6.21. The average Bonchev–Trinajstić information content (AvgIpc) is 2.96. The molecule has 0 saturated carbocycles. The number of carbonyl (C=O) groups is 3. The minimum absolute atomic E-state index is 0.0555. The van der Waals surface area contributed by atoms with Crippen LogP contribution in [-0.4, -0.2) is 36.4 Å². The van der Waals surface area contributed by atoms with Crippen LogP contribution in [0, 0.1) is 0 Å². The predicted molar refractivity (Wildman–Crippen MR) is 106 cm³/mol. The number of urea groups is 1. The summed E-state index contributed by atoms with van der Waals surface area (Å²) in [5, 5.41) is 4.42. The fraction of sp³-hybridized carbons (Fsp3) is 0.150. The second kappa shape index (κ2) is 8.68. The van der Waals surface area contributed by atoms with E-state index < -0.39 is 36.1 Å². The van der Waals surface area contributed by atoms with Gasteiger partial charge in [0.15, 0.2) is 0 Å². The van der Waals surface area contributed by atoms with E-state index in [1.807, 2.05) is 0 Å². The summed E-state index contributed by atoms with van der Waals surface area (Å²) in [6, 6.07) is 8.24. The number of alkyl halides is 3. The van der Waals surface area contributed by atoms with Gasteiger partial charge in [0.2, 0.25) is 5.91 Å². The van der Waals surface area contributed by atoms with Crippen molar-refractivity contribution in [1.29, 1.82) is 0 Å². The van der Waals surface area contributed by atoms with Crippen molar-refractivity contribution in [3.8, 4) is 5.75 Å². The second-order valence-corrected chi connectivity index (χ2v) is 6.80. The number of rotatable bonds is 5. The number of benzene rings is 2. The third-order valence-corrected chi connectivity index (χ3v) is 4.59. The first kappa shape index (κ1) is 22.2. The number of methoxy groups -OCH3 is 1. The summed E-state index contributed by atoms with van der Waals surface area (Å²) in [5.74, 6) is -1.04. The highest BCUT2D eigenvalue weighted by molar-refractivity contribution is 6.33. The Morgan fingerprint density at radius 3 is 2.48 bits per heavy atom. The molecule has 0 spiro atoms. The summed E-state index contributed by atoms with van der Waals surface area (Å²) in [7, 11) is 1.50. The first-order valence-electron chi connectivity index (χ1n) is 8.73. The molecule has 2 N–H and O–H groups in total. The number of halogens is 4. The van der Waals surface area contributed by atoms with Gasteiger partial charge in [0.25, 0.3) is 5.91 Å². The van der Waals surface area contributed by atoms with Crippen LogP contribution in [0.25, 0.3) is 6.08 Å². The molecule has 0 aromatic heterocycles. The molecule has 2 aromatic carbocycles. The zero-order valence-corrected chi connectivity index (χ0v) is 16.7. The molecule has 0 unspecified atom stereocenters. The smallest absolute Gasteiger partial charge is 0.416 e. The summed E-state index contributed by atoms with van der Waals surface area (Å²) in [5.41, 5.74) is -0.749. The fourth-order valence-corrected chi connectivity index (χ4v) is 2.88.